The van der Waals surface area contributed by atoms with Crippen LogP contribution in [0.25, 0.3) is 0 Å². The van der Waals surface area contributed by atoms with E-state index >= 15 is 0 Å². The Morgan fingerprint density at radius 1 is 1.44 bits per heavy atom. The first-order valence-corrected chi connectivity index (χ1v) is 5.55. The van der Waals surface area contributed by atoms with Crippen LogP contribution >= 0.6 is 0 Å². The van der Waals surface area contributed by atoms with Crippen LogP contribution in [0.1, 0.15) is 18.5 Å². The molecule has 0 saturated carbocycles. The number of nitrogens with one attached hydrogen (secondary N) is 2. The molecule has 16 heavy (non-hydrogen) atoms. The summed E-state index contributed by atoms with van der Waals surface area (Å²) in [5.41, 5.74) is 2.15. The summed E-state index contributed by atoms with van der Waals surface area (Å²) in [5.74, 6) is 0. The van der Waals surface area contributed by atoms with Crippen LogP contribution in [-0.2, 0) is 0 Å². The smallest absolute Gasteiger partial charge is 0.322 e. The summed E-state index contributed by atoms with van der Waals surface area (Å²) in [7, 11) is 1.92. The first-order chi connectivity index (χ1) is 7.74. The number of nitrogens with zero attached hydrogens (tertiary/aromatic N) is 1. The van der Waals surface area contributed by atoms with Crippen molar-refractivity contribution in [2.24, 2.45) is 0 Å². The van der Waals surface area contributed by atoms with Crippen molar-refractivity contribution >= 4 is 11.7 Å². The Morgan fingerprint density at radius 3 is 2.81 bits per heavy atom. The number of carbonyl (C=O) groups excluding carboxylic acids is 1. The molecule has 1 atom stereocenters. The molecule has 1 aliphatic rings. The lowest BCUT2D eigenvalue weighted by molar-refractivity contribution is 0.252. The first kappa shape index (κ1) is 11.0. The molecule has 0 bridgehead atoms. The van der Waals surface area contributed by atoms with Crippen LogP contribution in [0.15, 0.2) is 24.3 Å². The van der Waals surface area contributed by atoms with Gasteiger partial charge < -0.3 is 10.6 Å². The number of amides is 2. The summed E-state index contributed by atoms with van der Waals surface area (Å²) in [6, 6.07) is 8.25. The van der Waals surface area contributed by atoms with Gasteiger partial charge in [-0.25, -0.2) is 4.79 Å². The predicted molar refractivity (Wildman–Crippen MR) is 64.7 cm³/mol. The van der Waals surface area contributed by atoms with Gasteiger partial charge in [-0.3, -0.25) is 4.90 Å². The zero-order valence-corrected chi connectivity index (χ0v) is 9.66. The number of hydrogen-bond donors (Lipinski definition) is 2. The minimum absolute atomic E-state index is 0.00393. The SMILES string of the molecule is CNC(C)c1ccccc1N1CCNC1=O. The fraction of sp³-hybridized carbons (Fsp3) is 0.417. The van der Waals surface area contributed by atoms with Crippen LogP contribution < -0.4 is 15.5 Å². The van der Waals surface area contributed by atoms with E-state index in [1.807, 2.05) is 25.2 Å². The average molecular weight is 219 g/mol. The van der Waals surface area contributed by atoms with E-state index in [0.717, 1.165) is 24.3 Å². The average Bonchev–Trinajstić information content (AvgIpc) is 2.74. The second kappa shape index (κ2) is 4.53. The number of rotatable bonds is 3. The van der Waals surface area contributed by atoms with E-state index in [1.165, 1.54) is 0 Å². The lowest BCUT2D eigenvalue weighted by atomic mass is 10.1. The van der Waals surface area contributed by atoms with E-state index in [0.29, 0.717) is 0 Å². The van der Waals surface area contributed by atoms with Crippen molar-refractivity contribution in [3.63, 3.8) is 0 Å². The maximum Gasteiger partial charge on any atom is 0.322 e. The van der Waals surface area contributed by atoms with Crippen molar-refractivity contribution in [2.45, 2.75) is 13.0 Å². The number of hydrogen-bond acceptors (Lipinski definition) is 2. The molecule has 0 aliphatic carbocycles. The maximum atomic E-state index is 11.6. The Kier molecular flexibility index (Phi) is 3.10. The molecule has 1 saturated heterocycles. The summed E-state index contributed by atoms with van der Waals surface area (Å²) in [6.45, 7) is 3.56. The van der Waals surface area contributed by atoms with E-state index < -0.39 is 0 Å². The molecule has 0 radical (unpaired) electrons. The van der Waals surface area contributed by atoms with E-state index in [9.17, 15) is 4.79 Å². The molecule has 1 aromatic carbocycles. The van der Waals surface area contributed by atoms with Crippen molar-refractivity contribution in [2.75, 3.05) is 25.0 Å². The Hall–Kier alpha value is -1.55. The van der Waals surface area contributed by atoms with Crippen molar-refractivity contribution in [1.29, 1.82) is 0 Å². The largest absolute Gasteiger partial charge is 0.336 e. The van der Waals surface area contributed by atoms with E-state index in [1.54, 1.807) is 4.90 Å². The summed E-state index contributed by atoms with van der Waals surface area (Å²) < 4.78 is 0. The molecule has 4 heteroatoms. The van der Waals surface area contributed by atoms with Crippen molar-refractivity contribution < 1.29 is 4.79 Å². The molecule has 0 aromatic heterocycles. The molecule has 1 fully saturated rings. The first-order valence-electron chi connectivity index (χ1n) is 5.55. The van der Waals surface area contributed by atoms with Crippen LogP contribution in [-0.4, -0.2) is 26.2 Å². The third kappa shape index (κ3) is 1.88. The Labute approximate surface area is 95.6 Å². The van der Waals surface area contributed by atoms with Gasteiger partial charge in [0.15, 0.2) is 0 Å². The second-order valence-electron chi connectivity index (χ2n) is 3.95. The topological polar surface area (TPSA) is 44.4 Å². The minimum Gasteiger partial charge on any atom is -0.336 e. The molecule has 1 heterocycles. The van der Waals surface area contributed by atoms with Gasteiger partial charge in [0, 0.05) is 19.1 Å². The lowest BCUT2D eigenvalue weighted by Gasteiger charge is -2.21. The van der Waals surface area contributed by atoms with Gasteiger partial charge in [-0.1, -0.05) is 18.2 Å². The number of anilines is 1. The van der Waals surface area contributed by atoms with Crippen LogP contribution in [0.4, 0.5) is 10.5 Å². The van der Waals surface area contributed by atoms with Gasteiger partial charge in [-0.05, 0) is 25.6 Å². The highest BCUT2D eigenvalue weighted by molar-refractivity contribution is 5.94. The molecule has 86 valence electrons. The molecular formula is C12H17N3O. The Morgan fingerprint density at radius 2 is 2.19 bits per heavy atom. The van der Waals surface area contributed by atoms with Gasteiger partial charge in [0.1, 0.15) is 0 Å². The molecule has 2 N–H and O–H groups in total. The molecular weight excluding hydrogens is 202 g/mol. The van der Waals surface area contributed by atoms with E-state index in [2.05, 4.69) is 23.6 Å². The number of carbonyl (C=O) groups is 1. The van der Waals surface area contributed by atoms with Gasteiger partial charge >= 0.3 is 6.03 Å². The highest BCUT2D eigenvalue weighted by Gasteiger charge is 2.24. The Bertz CT molecular complexity index is 392. The van der Waals surface area contributed by atoms with Crippen LogP contribution in [0.5, 0.6) is 0 Å². The Balaban J connectivity index is 2.36. The number of benzene rings is 1. The zero-order valence-electron chi connectivity index (χ0n) is 9.66. The lowest BCUT2D eigenvalue weighted by Crippen LogP contribution is -2.29. The van der Waals surface area contributed by atoms with Crippen molar-refractivity contribution in [3.05, 3.63) is 29.8 Å². The van der Waals surface area contributed by atoms with Gasteiger partial charge in [0.05, 0.1) is 5.69 Å². The summed E-state index contributed by atoms with van der Waals surface area (Å²) in [5, 5.41) is 6.02. The maximum absolute atomic E-state index is 11.6. The zero-order chi connectivity index (χ0) is 11.5. The molecule has 1 aliphatic heterocycles. The normalized spacial score (nSPS) is 17.4. The van der Waals surface area contributed by atoms with E-state index in [-0.39, 0.29) is 12.1 Å². The van der Waals surface area contributed by atoms with Gasteiger partial charge in [-0.2, -0.15) is 0 Å². The third-order valence-electron chi connectivity index (χ3n) is 2.98. The fourth-order valence-electron chi connectivity index (χ4n) is 1.96. The third-order valence-corrected chi connectivity index (χ3v) is 2.98. The molecule has 1 unspecified atom stereocenters. The molecule has 0 spiro atoms. The van der Waals surface area contributed by atoms with Gasteiger partial charge in [0.2, 0.25) is 0 Å². The second-order valence-corrected chi connectivity index (χ2v) is 3.95. The molecule has 1 aromatic rings. The quantitative estimate of drug-likeness (QED) is 0.809. The van der Waals surface area contributed by atoms with Crippen molar-refractivity contribution in [1.82, 2.24) is 10.6 Å². The van der Waals surface area contributed by atoms with Gasteiger partial charge in [-0.15, -0.1) is 0 Å². The van der Waals surface area contributed by atoms with Crippen molar-refractivity contribution in [3.8, 4) is 0 Å². The van der Waals surface area contributed by atoms with Gasteiger partial charge in [0.25, 0.3) is 0 Å². The van der Waals surface area contributed by atoms with Crippen LogP contribution in [0.3, 0.4) is 0 Å². The highest BCUT2D eigenvalue weighted by atomic mass is 16.2. The highest BCUT2D eigenvalue weighted by Crippen LogP contribution is 2.26. The van der Waals surface area contributed by atoms with Crippen LogP contribution in [0, 0.1) is 0 Å². The molecule has 2 amide bonds. The summed E-state index contributed by atoms with van der Waals surface area (Å²) in [6.07, 6.45) is 0. The number of para-hydroxylation sites is 1. The monoisotopic (exact) mass is 219 g/mol. The fourth-order valence-corrected chi connectivity index (χ4v) is 1.96. The standard InChI is InChI=1S/C12H17N3O/c1-9(13-2)10-5-3-4-6-11(10)15-8-7-14-12(15)16/h3-6,9,13H,7-8H2,1-2H3,(H,14,16). The predicted octanol–water partition coefficient (Wildman–Crippen LogP) is 1.50. The minimum atomic E-state index is -0.00393. The van der Waals surface area contributed by atoms with Crippen LogP contribution in [0.2, 0.25) is 0 Å². The number of urea groups is 1. The molecule has 2 rings (SSSR count). The summed E-state index contributed by atoms with van der Waals surface area (Å²) in [4.78, 5) is 13.4. The molecule has 4 nitrogen and oxygen atoms in total. The van der Waals surface area contributed by atoms with E-state index in [4.69, 9.17) is 0 Å². The summed E-state index contributed by atoms with van der Waals surface area (Å²) >= 11 is 0.